The Balaban J connectivity index is 2.16. The number of hydrogen-bond donors (Lipinski definition) is 0. The van der Waals surface area contributed by atoms with Crippen molar-refractivity contribution in [2.24, 2.45) is 0 Å². The fourth-order valence-corrected chi connectivity index (χ4v) is 2.70. The minimum absolute atomic E-state index is 0.00616. The molecule has 1 atom stereocenters. The average Bonchev–Trinajstić information content (AvgIpc) is 2.73. The quantitative estimate of drug-likeness (QED) is 0.672. The van der Waals surface area contributed by atoms with Gasteiger partial charge in [-0.05, 0) is 18.6 Å². The largest absolute Gasteiger partial charge is 0.366 e. The highest BCUT2D eigenvalue weighted by atomic mass is 16.2. The van der Waals surface area contributed by atoms with Crippen molar-refractivity contribution in [3.8, 4) is 0 Å². The number of rotatable bonds is 1. The Morgan fingerprint density at radius 3 is 3.06 bits per heavy atom. The van der Waals surface area contributed by atoms with Gasteiger partial charge < -0.3 is 4.90 Å². The van der Waals surface area contributed by atoms with Gasteiger partial charge >= 0.3 is 0 Å². The van der Waals surface area contributed by atoms with Gasteiger partial charge in [-0.25, -0.2) is 4.98 Å². The van der Waals surface area contributed by atoms with Gasteiger partial charge in [0, 0.05) is 20.0 Å². The van der Waals surface area contributed by atoms with Gasteiger partial charge in [-0.15, -0.1) is 0 Å². The van der Waals surface area contributed by atoms with Crippen LogP contribution in [0.15, 0.2) is 12.1 Å². The number of fused-ring (bicyclic) bond motifs is 4. The van der Waals surface area contributed by atoms with Crippen molar-refractivity contribution in [2.75, 3.05) is 22.9 Å². The lowest BCUT2D eigenvalue weighted by molar-refractivity contribution is -0.117. The molecule has 0 aromatic carbocycles. The zero-order chi connectivity index (χ0) is 12.0. The van der Waals surface area contributed by atoms with Crippen LogP contribution >= 0.6 is 0 Å². The molecule has 0 spiro atoms. The minimum atomic E-state index is -0.00616. The summed E-state index contributed by atoms with van der Waals surface area (Å²) in [6.45, 7) is 3.37. The van der Waals surface area contributed by atoms with E-state index >= 15 is 0 Å². The van der Waals surface area contributed by atoms with Gasteiger partial charge in [-0.1, -0.05) is 0 Å². The highest BCUT2D eigenvalue weighted by molar-refractivity contribution is 5.96. The van der Waals surface area contributed by atoms with E-state index in [1.807, 2.05) is 6.07 Å². The standard InChI is InChI=1S/C12H13N3O2/c1-8(17)15-10-4-5-14(6-10)11-3-2-9(7-16)13-12(11)15/h2-3,7,10H,4-6H2,1H3/t10-/m0/s1. The van der Waals surface area contributed by atoms with E-state index < -0.39 is 0 Å². The van der Waals surface area contributed by atoms with Crippen molar-refractivity contribution in [1.29, 1.82) is 0 Å². The van der Waals surface area contributed by atoms with Crippen LogP contribution in [0.4, 0.5) is 11.5 Å². The molecule has 0 saturated carbocycles. The van der Waals surface area contributed by atoms with Crippen molar-refractivity contribution in [2.45, 2.75) is 19.4 Å². The van der Waals surface area contributed by atoms with E-state index in [1.165, 1.54) is 0 Å². The average molecular weight is 231 g/mol. The van der Waals surface area contributed by atoms with Crippen LogP contribution in [0.2, 0.25) is 0 Å². The first-order valence-electron chi connectivity index (χ1n) is 5.71. The third-order valence-electron chi connectivity index (χ3n) is 3.43. The van der Waals surface area contributed by atoms with E-state index in [9.17, 15) is 9.59 Å². The highest BCUT2D eigenvalue weighted by Gasteiger charge is 2.38. The number of aromatic nitrogens is 1. The maximum absolute atomic E-state index is 11.7. The first-order valence-corrected chi connectivity index (χ1v) is 5.71. The third-order valence-corrected chi connectivity index (χ3v) is 3.43. The number of carbonyl (C=O) groups is 2. The van der Waals surface area contributed by atoms with E-state index in [-0.39, 0.29) is 11.9 Å². The molecular weight excluding hydrogens is 218 g/mol. The summed E-state index contributed by atoms with van der Waals surface area (Å²) >= 11 is 0. The van der Waals surface area contributed by atoms with Gasteiger partial charge in [-0.2, -0.15) is 0 Å². The Morgan fingerprint density at radius 1 is 1.53 bits per heavy atom. The summed E-state index contributed by atoms with van der Waals surface area (Å²) in [7, 11) is 0. The lowest BCUT2D eigenvalue weighted by atomic mass is 10.1. The van der Waals surface area contributed by atoms with Crippen molar-refractivity contribution < 1.29 is 9.59 Å². The normalized spacial score (nSPS) is 21.4. The zero-order valence-electron chi connectivity index (χ0n) is 9.59. The van der Waals surface area contributed by atoms with Crippen molar-refractivity contribution in [3.63, 3.8) is 0 Å². The van der Waals surface area contributed by atoms with Crippen LogP contribution in [0, 0.1) is 0 Å². The van der Waals surface area contributed by atoms with E-state index in [1.54, 1.807) is 17.9 Å². The molecule has 2 aliphatic rings. The maximum atomic E-state index is 11.7. The summed E-state index contributed by atoms with van der Waals surface area (Å²) in [6.07, 6.45) is 1.68. The molecule has 1 aromatic heterocycles. The Bertz CT molecular complexity index is 501. The number of amides is 1. The van der Waals surface area contributed by atoms with Crippen LogP contribution in [-0.4, -0.2) is 36.3 Å². The Labute approximate surface area is 99.0 Å². The molecule has 1 fully saturated rings. The second-order valence-electron chi connectivity index (χ2n) is 4.47. The molecule has 1 saturated heterocycles. The molecule has 88 valence electrons. The molecule has 0 N–H and O–H groups in total. The summed E-state index contributed by atoms with van der Waals surface area (Å²) in [5, 5.41) is 0. The molecule has 17 heavy (non-hydrogen) atoms. The molecule has 2 bridgehead atoms. The second-order valence-corrected chi connectivity index (χ2v) is 4.47. The van der Waals surface area contributed by atoms with Crippen LogP contribution < -0.4 is 9.80 Å². The monoisotopic (exact) mass is 231 g/mol. The Kier molecular flexibility index (Phi) is 2.14. The summed E-state index contributed by atoms with van der Waals surface area (Å²) in [6, 6.07) is 3.78. The summed E-state index contributed by atoms with van der Waals surface area (Å²) < 4.78 is 0. The first kappa shape index (κ1) is 10.3. The fourth-order valence-electron chi connectivity index (χ4n) is 2.70. The summed E-state index contributed by atoms with van der Waals surface area (Å²) in [5.74, 6) is 0.629. The van der Waals surface area contributed by atoms with Crippen LogP contribution in [0.1, 0.15) is 23.8 Å². The molecule has 0 radical (unpaired) electrons. The van der Waals surface area contributed by atoms with Crippen molar-refractivity contribution >= 4 is 23.7 Å². The lowest BCUT2D eigenvalue weighted by Gasteiger charge is -2.35. The zero-order valence-corrected chi connectivity index (χ0v) is 9.59. The molecule has 3 heterocycles. The predicted octanol–water partition coefficient (Wildman–Crippen LogP) is 0.839. The predicted molar refractivity (Wildman–Crippen MR) is 63.4 cm³/mol. The van der Waals surface area contributed by atoms with Crippen LogP contribution in [-0.2, 0) is 4.79 Å². The molecule has 1 aromatic rings. The van der Waals surface area contributed by atoms with Gasteiger partial charge in [0.2, 0.25) is 5.91 Å². The first-order chi connectivity index (χ1) is 8.20. The molecule has 0 aliphatic carbocycles. The van der Waals surface area contributed by atoms with E-state index in [2.05, 4.69) is 9.88 Å². The minimum Gasteiger partial charge on any atom is -0.366 e. The van der Waals surface area contributed by atoms with Gasteiger partial charge in [0.25, 0.3) is 0 Å². The van der Waals surface area contributed by atoms with Crippen LogP contribution in [0.5, 0.6) is 0 Å². The second kappa shape index (κ2) is 3.55. The number of pyridine rings is 1. The van der Waals surface area contributed by atoms with Gasteiger partial charge in [0.1, 0.15) is 5.69 Å². The molecular formula is C12H13N3O2. The fraction of sp³-hybridized carbons (Fsp3) is 0.417. The molecule has 1 amide bonds. The number of hydrogen-bond acceptors (Lipinski definition) is 4. The lowest BCUT2D eigenvalue weighted by Crippen LogP contribution is -2.45. The highest BCUT2D eigenvalue weighted by Crippen LogP contribution is 2.38. The molecule has 3 rings (SSSR count). The van der Waals surface area contributed by atoms with Gasteiger partial charge in [-0.3, -0.25) is 14.5 Å². The summed E-state index contributed by atoms with van der Waals surface area (Å²) in [5.41, 5.74) is 1.33. The SMILES string of the molecule is CC(=O)N1c2nc(C=O)ccc2N2CC[C@H]1C2. The summed E-state index contributed by atoms with van der Waals surface area (Å²) in [4.78, 5) is 30.7. The maximum Gasteiger partial charge on any atom is 0.225 e. The molecule has 2 aliphatic heterocycles. The van der Waals surface area contributed by atoms with E-state index in [0.29, 0.717) is 17.8 Å². The van der Waals surface area contributed by atoms with Gasteiger partial charge in [0.05, 0.1) is 11.7 Å². The van der Waals surface area contributed by atoms with E-state index in [0.717, 1.165) is 25.2 Å². The number of anilines is 2. The Morgan fingerprint density at radius 2 is 2.35 bits per heavy atom. The van der Waals surface area contributed by atoms with Gasteiger partial charge in [0.15, 0.2) is 12.1 Å². The topological polar surface area (TPSA) is 53.5 Å². The van der Waals surface area contributed by atoms with E-state index in [4.69, 9.17) is 0 Å². The Hall–Kier alpha value is -1.91. The number of carbonyl (C=O) groups excluding carboxylic acids is 2. The smallest absolute Gasteiger partial charge is 0.225 e. The van der Waals surface area contributed by atoms with Crippen LogP contribution in [0.25, 0.3) is 0 Å². The molecule has 0 unspecified atom stereocenters. The van der Waals surface area contributed by atoms with Crippen molar-refractivity contribution in [3.05, 3.63) is 17.8 Å². The van der Waals surface area contributed by atoms with Crippen molar-refractivity contribution in [1.82, 2.24) is 4.98 Å². The number of aldehydes is 1. The molecule has 5 nitrogen and oxygen atoms in total. The number of nitrogens with zero attached hydrogens (tertiary/aromatic N) is 3. The molecule has 5 heteroatoms. The van der Waals surface area contributed by atoms with Crippen LogP contribution in [0.3, 0.4) is 0 Å². The third kappa shape index (κ3) is 1.42.